The molecule has 0 radical (unpaired) electrons. The van der Waals surface area contributed by atoms with E-state index in [-0.39, 0.29) is 0 Å². The Bertz CT molecular complexity index is 233. The van der Waals surface area contributed by atoms with Crippen LogP contribution in [0.5, 0.6) is 0 Å². The molecule has 4 heteroatoms. The fraction of sp³-hybridized carbons (Fsp3) is 1.00. The Morgan fingerprint density at radius 1 is 1.17 bits per heavy atom. The number of fused-ring (bicyclic) bond motifs is 2. The highest BCUT2D eigenvalue weighted by molar-refractivity contribution is 4.95. The first-order valence-corrected chi connectivity index (χ1v) is 7.34. The van der Waals surface area contributed by atoms with Crippen LogP contribution in [0.1, 0.15) is 25.7 Å². The molecule has 2 unspecified atom stereocenters. The average Bonchev–Trinajstić information content (AvgIpc) is 2.56. The van der Waals surface area contributed by atoms with Crippen molar-refractivity contribution >= 4 is 0 Å². The van der Waals surface area contributed by atoms with E-state index in [1.54, 1.807) is 0 Å². The van der Waals surface area contributed by atoms with Crippen molar-refractivity contribution in [2.45, 2.75) is 43.8 Å². The second kappa shape index (κ2) is 6.85. The number of ether oxygens (including phenoxy) is 1. The summed E-state index contributed by atoms with van der Waals surface area (Å²) in [5.41, 5.74) is 0. The molecule has 0 aliphatic carbocycles. The van der Waals surface area contributed by atoms with E-state index in [4.69, 9.17) is 4.74 Å². The van der Waals surface area contributed by atoms with Gasteiger partial charge < -0.3 is 19.9 Å². The summed E-state index contributed by atoms with van der Waals surface area (Å²) in [6.45, 7) is 3.70. The summed E-state index contributed by atoms with van der Waals surface area (Å²) in [5, 5.41) is 3.67. The minimum absolute atomic E-state index is 0.719. The minimum atomic E-state index is 0.719. The van der Waals surface area contributed by atoms with Crippen molar-refractivity contribution in [3.8, 4) is 0 Å². The smallest absolute Gasteiger partial charge is 0.0593 e. The van der Waals surface area contributed by atoms with Crippen molar-refractivity contribution in [3.63, 3.8) is 0 Å². The lowest BCUT2D eigenvalue weighted by atomic mass is 9.98. The molecule has 4 nitrogen and oxygen atoms in total. The molecular formula is C14H29N3O. The fourth-order valence-corrected chi connectivity index (χ4v) is 3.26. The third-order valence-corrected chi connectivity index (χ3v) is 4.46. The van der Waals surface area contributed by atoms with E-state index in [1.807, 2.05) is 0 Å². The van der Waals surface area contributed by atoms with Gasteiger partial charge in [-0.1, -0.05) is 0 Å². The van der Waals surface area contributed by atoms with Crippen LogP contribution in [0, 0.1) is 0 Å². The zero-order valence-electron chi connectivity index (χ0n) is 12.2. The van der Waals surface area contributed by atoms with Crippen LogP contribution in [0.25, 0.3) is 0 Å². The molecule has 2 aliphatic heterocycles. The van der Waals surface area contributed by atoms with E-state index in [0.717, 1.165) is 44.4 Å². The van der Waals surface area contributed by atoms with E-state index >= 15 is 0 Å². The summed E-state index contributed by atoms with van der Waals surface area (Å²) in [6.07, 6.45) is 5.45. The molecule has 2 rings (SSSR count). The molecule has 2 aliphatic rings. The van der Waals surface area contributed by atoms with Crippen molar-refractivity contribution < 1.29 is 4.74 Å². The topological polar surface area (TPSA) is 27.7 Å². The molecule has 0 saturated carbocycles. The van der Waals surface area contributed by atoms with Crippen LogP contribution in [0.3, 0.4) is 0 Å². The number of hydrogen-bond acceptors (Lipinski definition) is 4. The molecule has 2 saturated heterocycles. The Labute approximate surface area is 112 Å². The summed E-state index contributed by atoms with van der Waals surface area (Å²) in [6, 6.07) is 2.38. The first kappa shape index (κ1) is 14.3. The van der Waals surface area contributed by atoms with Gasteiger partial charge >= 0.3 is 0 Å². The summed E-state index contributed by atoms with van der Waals surface area (Å²) >= 11 is 0. The molecule has 2 bridgehead atoms. The third kappa shape index (κ3) is 3.92. The van der Waals surface area contributed by atoms with Crippen LogP contribution in [0.4, 0.5) is 0 Å². The highest BCUT2D eigenvalue weighted by Crippen LogP contribution is 2.33. The van der Waals surface area contributed by atoms with Crippen LogP contribution < -0.4 is 5.32 Å². The van der Waals surface area contributed by atoms with Crippen LogP contribution in [-0.4, -0.2) is 75.4 Å². The number of nitrogens with zero attached hydrogens (tertiary/aromatic N) is 2. The highest BCUT2D eigenvalue weighted by Gasteiger charge is 2.37. The van der Waals surface area contributed by atoms with Gasteiger partial charge in [-0.25, -0.2) is 0 Å². The summed E-state index contributed by atoms with van der Waals surface area (Å²) in [4.78, 5) is 4.74. The Morgan fingerprint density at radius 2 is 1.83 bits per heavy atom. The molecule has 0 aromatic heterocycles. The number of piperidine rings is 1. The Morgan fingerprint density at radius 3 is 2.44 bits per heavy atom. The van der Waals surface area contributed by atoms with Gasteiger partial charge in [0.15, 0.2) is 0 Å². The van der Waals surface area contributed by atoms with Gasteiger partial charge in [0.1, 0.15) is 0 Å². The largest absolute Gasteiger partial charge is 0.379 e. The predicted octanol–water partition coefficient (Wildman–Crippen LogP) is 0.779. The third-order valence-electron chi connectivity index (χ3n) is 4.46. The molecule has 0 aromatic carbocycles. The lowest BCUT2D eigenvalue weighted by Gasteiger charge is -2.36. The van der Waals surface area contributed by atoms with Crippen LogP contribution in [0.15, 0.2) is 0 Å². The van der Waals surface area contributed by atoms with E-state index in [2.05, 4.69) is 36.3 Å². The van der Waals surface area contributed by atoms with E-state index in [1.165, 1.54) is 25.7 Å². The number of likely N-dealkylation sites (N-methyl/N-ethyl adjacent to an activating group) is 1. The van der Waals surface area contributed by atoms with Gasteiger partial charge in [0.05, 0.1) is 13.2 Å². The molecule has 0 amide bonds. The number of nitrogens with one attached hydrogen (secondary N) is 1. The van der Waals surface area contributed by atoms with Crippen molar-refractivity contribution in [2.75, 3.05) is 47.4 Å². The van der Waals surface area contributed by atoms with Gasteiger partial charge in [-0.15, -0.1) is 0 Å². The second-order valence-corrected chi connectivity index (χ2v) is 6.09. The molecule has 2 heterocycles. The highest BCUT2D eigenvalue weighted by atomic mass is 16.5. The van der Waals surface area contributed by atoms with Crippen molar-refractivity contribution in [1.29, 1.82) is 0 Å². The number of hydrogen-bond donors (Lipinski definition) is 1. The monoisotopic (exact) mass is 255 g/mol. The molecule has 18 heavy (non-hydrogen) atoms. The Hall–Kier alpha value is -0.160. The Kier molecular flexibility index (Phi) is 5.42. The summed E-state index contributed by atoms with van der Waals surface area (Å²) < 4.78 is 5.61. The van der Waals surface area contributed by atoms with Crippen molar-refractivity contribution in [1.82, 2.24) is 15.1 Å². The predicted molar refractivity (Wildman–Crippen MR) is 75.0 cm³/mol. The molecule has 2 fully saturated rings. The maximum atomic E-state index is 5.61. The van der Waals surface area contributed by atoms with Crippen LogP contribution in [-0.2, 0) is 4.74 Å². The lowest BCUT2D eigenvalue weighted by molar-refractivity contribution is 0.107. The van der Waals surface area contributed by atoms with E-state index in [0.29, 0.717) is 0 Å². The quantitative estimate of drug-likeness (QED) is 0.681. The maximum absolute atomic E-state index is 5.61. The lowest BCUT2D eigenvalue weighted by Crippen LogP contribution is -2.47. The molecular weight excluding hydrogens is 226 g/mol. The van der Waals surface area contributed by atoms with Crippen molar-refractivity contribution in [2.24, 2.45) is 0 Å². The second-order valence-electron chi connectivity index (χ2n) is 6.09. The first-order valence-electron chi connectivity index (χ1n) is 7.34. The molecule has 1 N–H and O–H groups in total. The van der Waals surface area contributed by atoms with Crippen LogP contribution in [0.2, 0.25) is 0 Å². The molecule has 2 atom stereocenters. The SMILES string of the molecule is CN(C)CCOCCNC1CC2CCC(C1)N2C. The van der Waals surface area contributed by atoms with E-state index < -0.39 is 0 Å². The van der Waals surface area contributed by atoms with Gasteiger partial charge in [-0.2, -0.15) is 0 Å². The zero-order chi connectivity index (χ0) is 13.0. The first-order chi connectivity index (χ1) is 8.66. The summed E-state index contributed by atoms with van der Waals surface area (Å²) in [5.74, 6) is 0. The average molecular weight is 255 g/mol. The fourth-order valence-electron chi connectivity index (χ4n) is 3.26. The van der Waals surface area contributed by atoms with Gasteiger partial charge in [0.25, 0.3) is 0 Å². The molecule has 106 valence electrons. The summed E-state index contributed by atoms with van der Waals surface area (Å²) in [7, 11) is 6.45. The van der Waals surface area contributed by atoms with Gasteiger partial charge in [0.2, 0.25) is 0 Å². The normalized spacial score (nSPS) is 32.3. The van der Waals surface area contributed by atoms with Gasteiger partial charge in [-0.3, -0.25) is 0 Å². The van der Waals surface area contributed by atoms with Crippen LogP contribution >= 0.6 is 0 Å². The number of rotatable bonds is 7. The van der Waals surface area contributed by atoms with Crippen molar-refractivity contribution in [3.05, 3.63) is 0 Å². The van der Waals surface area contributed by atoms with Gasteiger partial charge in [-0.05, 0) is 46.8 Å². The van der Waals surface area contributed by atoms with Gasteiger partial charge in [0, 0.05) is 31.2 Å². The minimum Gasteiger partial charge on any atom is -0.379 e. The molecule has 0 spiro atoms. The standard InChI is InChI=1S/C14H29N3O/c1-16(2)7-9-18-8-6-15-12-10-13-4-5-14(11-12)17(13)3/h12-15H,4-11H2,1-3H3. The van der Waals surface area contributed by atoms with E-state index in [9.17, 15) is 0 Å². The Balaban J connectivity index is 1.53. The molecule has 0 aromatic rings. The maximum Gasteiger partial charge on any atom is 0.0593 e. The zero-order valence-corrected chi connectivity index (χ0v) is 12.2.